The third-order valence-electron chi connectivity index (χ3n) is 4.54. The van der Waals surface area contributed by atoms with Crippen LogP contribution in [0.5, 0.6) is 0 Å². The first-order valence-corrected chi connectivity index (χ1v) is 9.72. The molecule has 7 heteroatoms. The Kier molecular flexibility index (Phi) is 5.36. The van der Waals surface area contributed by atoms with Crippen LogP contribution in [0.15, 0.2) is 45.1 Å². The van der Waals surface area contributed by atoms with Crippen molar-refractivity contribution in [2.24, 2.45) is 14.1 Å². The largest absolute Gasteiger partial charge is 0.332 e. The maximum Gasteiger partial charge on any atom is 0.332 e. The summed E-state index contributed by atoms with van der Waals surface area (Å²) in [6, 6.07) is 8.58. The molecular weight excluding hydrogens is 348 g/mol. The summed E-state index contributed by atoms with van der Waals surface area (Å²) in [4.78, 5) is 30.4. The van der Waals surface area contributed by atoms with Crippen molar-refractivity contribution in [3.05, 3.63) is 57.0 Å². The Bertz CT molecular complexity index is 1030. The van der Waals surface area contributed by atoms with Crippen LogP contribution in [-0.4, -0.2) is 24.4 Å². The van der Waals surface area contributed by atoms with E-state index in [1.807, 2.05) is 0 Å². The highest BCUT2D eigenvalue weighted by molar-refractivity contribution is 7.99. The molecule has 0 unspecified atom stereocenters. The second-order valence-corrected chi connectivity index (χ2v) is 7.92. The van der Waals surface area contributed by atoms with Gasteiger partial charge < -0.3 is 4.57 Å². The monoisotopic (exact) mass is 372 g/mol. The molecule has 0 saturated carbocycles. The van der Waals surface area contributed by atoms with Crippen LogP contribution < -0.4 is 11.2 Å². The zero-order valence-corrected chi connectivity index (χ0v) is 16.4. The van der Waals surface area contributed by atoms with Gasteiger partial charge in [0.05, 0.1) is 6.33 Å². The number of imidazole rings is 1. The van der Waals surface area contributed by atoms with E-state index in [1.165, 1.54) is 19.6 Å². The van der Waals surface area contributed by atoms with Crippen molar-refractivity contribution >= 4 is 22.9 Å². The van der Waals surface area contributed by atoms with Crippen molar-refractivity contribution in [1.82, 2.24) is 18.7 Å². The standard InChI is InChI=1S/C19H24N4O2S/c1-13(2)14-6-8-15(9-7-14)26-11-5-10-23-18(24)16-17(20-12-21(16)3)22(4)19(23)25/h6-9,12-13H,5,10-11H2,1-4H3. The second-order valence-electron chi connectivity index (χ2n) is 6.75. The number of nitrogens with zero attached hydrogens (tertiary/aromatic N) is 4. The molecule has 3 aromatic rings. The van der Waals surface area contributed by atoms with Crippen LogP contribution >= 0.6 is 11.8 Å². The van der Waals surface area contributed by atoms with E-state index in [1.54, 1.807) is 36.8 Å². The second kappa shape index (κ2) is 7.53. The molecule has 2 heterocycles. The predicted octanol–water partition coefficient (Wildman–Crippen LogP) is 2.74. The molecule has 0 bridgehead atoms. The van der Waals surface area contributed by atoms with Crippen LogP contribution in [0.1, 0.15) is 31.7 Å². The molecule has 1 aromatic carbocycles. The van der Waals surface area contributed by atoms with Crippen LogP contribution in [0.4, 0.5) is 0 Å². The van der Waals surface area contributed by atoms with Crippen molar-refractivity contribution in [1.29, 1.82) is 0 Å². The van der Waals surface area contributed by atoms with Crippen molar-refractivity contribution < 1.29 is 0 Å². The van der Waals surface area contributed by atoms with Gasteiger partial charge in [0.1, 0.15) is 0 Å². The molecule has 0 saturated heterocycles. The number of thioether (sulfide) groups is 1. The highest BCUT2D eigenvalue weighted by atomic mass is 32.2. The summed E-state index contributed by atoms with van der Waals surface area (Å²) in [5.74, 6) is 1.37. The molecule has 0 atom stereocenters. The van der Waals surface area contributed by atoms with Crippen molar-refractivity contribution in [2.45, 2.75) is 37.6 Å². The van der Waals surface area contributed by atoms with E-state index < -0.39 is 0 Å². The van der Waals surface area contributed by atoms with Crippen LogP contribution in [-0.2, 0) is 20.6 Å². The molecule has 0 radical (unpaired) electrons. The van der Waals surface area contributed by atoms with E-state index in [0.717, 1.165) is 12.2 Å². The molecule has 26 heavy (non-hydrogen) atoms. The van der Waals surface area contributed by atoms with E-state index in [4.69, 9.17) is 0 Å². The van der Waals surface area contributed by atoms with E-state index in [0.29, 0.717) is 23.6 Å². The van der Waals surface area contributed by atoms with Crippen molar-refractivity contribution in [2.75, 3.05) is 5.75 Å². The molecule has 138 valence electrons. The Morgan fingerprint density at radius 2 is 1.81 bits per heavy atom. The minimum Gasteiger partial charge on any atom is -0.328 e. The average molecular weight is 372 g/mol. The molecule has 6 nitrogen and oxygen atoms in total. The first-order valence-electron chi connectivity index (χ1n) is 8.73. The van der Waals surface area contributed by atoms with E-state index >= 15 is 0 Å². The number of hydrogen-bond donors (Lipinski definition) is 0. The molecule has 3 rings (SSSR count). The van der Waals surface area contributed by atoms with E-state index in [-0.39, 0.29) is 11.2 Å². The molecule has 0 amide bonds. The molecule has 0 aliphatic rings. The van der Waals surface area contributed by atoms with Crippen molar-refractivity contribution in [3.8, 4) is 0 Å². The third-order valence-corrected chi connectivity index (χ3v) is 5.64. The molecule has 0 fully saturated rings. The van der Waals surface area contributed by atoms with Gasteiger partial charge in [-0.05, 0) is 35.8 Å². The fourth-order valence-electron chi connectivity index (χ4n) is 2.96. The summed E-state index contributed by atoms with van der Waals surface area (Å²) < 4.78 is 4.42. The van der Waals surface area contributed by atoms with Gasteiger partial charge in [0.15, 0.2) is 11.2 Å². The fraction of sp³-hybridized carbons (Fsp3) is 0.421. The SMILES string of the molecule is CC(C)c1ccc(SCCCn2c(=O)c3c(ncn3C)n(C)c2=O)cc1. The maximum atomic E-state index is 12.6. The number of fused-ring (bicyclic) bond motifs is 1. The average Bonchev–Trinajstić information content (AvgIpc) is 3.01. The van der Waals surface area contributed by atoms with Gasteiger partial charge in [0.25, 0.3) is 5.56 Å². The number of aromatic nitrogens is 4. The minimum absolute atomic E-state index is 0.269. The first kappa shape index (κ1) is 18.5. The smallest absolute Gasteiger partial charge is 0.328 e. The Balaban J connectivity index is 1.69. The van der Waals surface area contributed by atoms with Gasteiger partial charge in [-0.1, -0.05) is 26.0 Å². The molecule has 2 aromatic heterocycles. The van der Waals surface area contributed by atoms with Crippen LogP contribution in [0.3, 0.4) is 0 Å². The summed E-state index contributed by atoms with van der Waals surface area (Å²) in [6.45, 7) is 4.77. The lowest BCUT2D eigenvalue weighted by Crippen LogP contribution is -2.39. The Labute approximate surface area is 156 Å². The van der Waals surface area contributed by atoms with Gasteiger partial charge in [0.2, 0.25) is 0 Å². The molecule has 0 aliphatic carbocycles. The van der Waals surface area contributed by atoms with Gasteiger partial charge in [-0.2, -0.15) is 0 Å². The zero-order chi connectivity index (χ0) is 18.8. The van der Waals surface area contributed by atoms with Crippen molar-refractivity contribution in [3.63, 3.8) is 0 Å². The Morgan fingerprint density at radius 1 is 1.12 bits per heavy atom. The predicted molar refractivity (Wildman–Crippen MR) is 106 cm³/mol. The summed E-state index contributed by atoms with van der Waals surface area (Å²) in [5, 5.41) is 0. The zero-order valence-electron chi connectivity index (χ0n) is 15.6. The Morgan fingerprint density at radius 3 is 2.46 bits per heavy atom. The normalized spacial score (nSPS) is 11.6. The lowest BCUT2D eigenvalue weighted by Gasteiger charge is -2.09. The number of hydrogen-bond acceptors (Lipinski definition) is 4. The molecule has 0 aliphatic heterocycles. The third kappa shape index (κ3) is 3.49. The summed E-state index contributed by atoms with van der Waals surface area (Å²) in [6.07, 6.45) is 2.31. The topological polar surface area (TPSA) is 61.8 Å². The highest BCUT2D eigenvalue weighted by Crippen LogP contribution is 2.22. The lowest BCUT2D eigenvalue weighted by molar-refractivity contribution is 0.594. The fourth-order valence-corrected chi connectivity index (χ4v) is 3.79. The maximum absolute atomic E-state index is 12.6. The summed E-state index contributed by atoms with van der Waals surface area (Å²) >= 11 is 1.74. The van der Waals surface area contributed by atoms with E-state index in [2.05, 4.69) is 43.1 Å². The number of aryl methyl sites for hydroxylation is 2. The highest BCUT2D eigenvalue weighted by Gasteiger charge is 2.14. The van der Waals surface area contributed by atoms with Crippen LogP contribution in [0.2, 0.25) is 0 Å². The minimum atomic E-state index is -0.313. The van der Waals surface area contributed by atoms with Crippen LogP contribution in [0, 0.1) is 0 Å². The summed E-state index contributed by atoms with van der Waals surface area (Å²) in [5.41, 5.74) is 1.64. The van der Waals surface area contributed by atoms with Gasteiger partial charge in [-0.3, -0.25) is 13.9 Å². The van der Waals surface area contributed by atoms with Crippen LogP contribution in [0.25, 0.3) is 11.2 Å². The Hall–Kier alpha value is -2.28. The van der Waals surface area contributed by atoms with Gasteiger partial charge in [0, 0.05) is 25.5 Å². The quantitative estimate of drug-likeness (QED) is 0.493. The van der Waals surface area contributed by atoms with Gasteiger partial charge >= 0.3 is 5.69 Å². The number of rotatable bonds is 6. The number of benzene rings is 1. The molecule has 0 spiro atoms. The lowest BCUT2D eigenvalue weighted by atomic mass is 10.0. The molecule has 0 N–H and O–H groups in total. The van der Waals surface area contributed by atoms with Gasteiger partial charge in [-0.25, -0.2) is 9.78 Å². The first-order chi connectivity index (χ1) is 12.4. The summed E-state index contributed by atoms with van der Waals surface area (Å²) in [7, 11) is 3.42. The molecular formula is C19H24N4O2S. The van der Waals surface area contributed by atoms with Gasteiger partial charge in [-0.15, -0.1) is 11.8 Å². The van der Waals surface area contributed by atoms with E-state index in [9.17, 15) is 9.59 Å².